The Bertz CT molecular complexity index is 1890. The molecular weight excluding hydrogens is 571 g/mol. The summed E-state index contributed by atoms with van der Waals surface area (Å²) in [6.45, 7) is 2.86. The largest absolute Gasteiger partial charge is 0.439 e. The zero-order valence-corrected chi connectivity index (χ0v) is 23.7. The molecular formula is C28H26ClFN6O4S. The number of carbonyl (C=O) groups is 1. The molecule has 0 spiro atoms. The molecule has 0 radical (unpaired) electrons. The number of ketones is 1. The van der Waals surface area contributed by atoms with Crippen LogP contribution in [-0.4, -0.2) is 46.4 Å². The summed E-state index contributed by atoms with van der Waals surface area (Å²) in [5.41, 5.74) is 9.66. The minimum absolute atomic E-state index is 0.0938. The number of alkyl halides is 1. The van der Waals surface area contributed by atoms with E-state index in [9.17, 15) is 17.6 Å². The minimum Gasteiger partial charge on any atom is -0.439 e. The van der Waals surface area contributed by atoms with E-state index in [1.54, 1.807) is 61.7 Å². The van der Waals surface area contributed by atoms with E-state index in [1.807, 2.05) is 6.92 Å². The number of anilines is 2. The Kier molecular flexibility index (Phi) is 7.70. The Morgan fingerprint density at radius 3 is 2.68 bits per heavy atom. The van der Waals surface area contributed by atoms with Gasteiger partial charge >= 0.3 is 0 Å². The van der Waals surface area contributed by atoms with Crippen LogP contribution in [-0.2, 0) is 10.0 Å². The second kappa shape index (κ2) is 11.2. The van der Waals surface area contributed by atoms with Gasteiger partial charge in [0.25, 0.3) is 0 Å². The van der Waals surface area contributed by atoms with Crippen molar-refractivity contribution in [2.45, 2.75) is 20.3 Å². The quantitative estimate of drug-likeness (QED) is 0.175. The molecule has 0 fully saturated rings. The van der Waals surface area contributed by atoms with Crippen molar-refractivity contribution in [1.29, 1.82) is 0 Å². The zero-order chi connectivity index (χ0) is 29.3. The number of benzene rings is 2. The first-order valence-electron chi connectivity index (χ1n) is 12.5. The number of aromatic amines is 1. The highest BCUT2D eigenvalue weighted by Gasteiger charge is 2.21. The maximum absolute atomic E-state index is 13.4. The highest BCUT2D eigenvalue weighted by Crippen LogP contribution is 2.29. The third kappa shape index (κ3) is 6.03. The van der Waals surface area contributed by atoms with Gasteiger partial charge in [0, 0.05) is 22.0 Å². The van der Waals surface area contributed by atoms with Crippen molar-refractivity contribution in [3.63, 3.8) is 0 Å². The number of hydrogen-bond donors (Lipinski definition) is 3. The second-order valence-electron chi connectivity index (χ2n) is 9.45. The number of aryl methyl sites for hydroxylation is 2. The van der Waals surface area contributed by atoms with Crippen molar-refractivity contribution in [2.24, 2.45) is 0 Å². The van der Waals surface area contributed by atoms with Gasteiger partial charge in [-0.25, -0.2) is 18.1 Å². The van der Waals surface area contributed by atoms with Crippen molar-refractivity contribution >= 4 is 49.8 Å². The summed E-state index contributed by atoms with van der Waals surface area (Å²) < 4.78 is 46.7. The van der Waals surface area contributed by atoms with E-state index in [0.717, 1.165) is 5.56 Å². The summed E-state index contributed by atoms with van der Waals surface area (Å²) in [5, 5.41) is 5.57. The van der Waals surface area contributed by atoms with Crippen LogP contribution >= 0.6 is 11.6 Å². The molecule has 3 heterocycles. The summed E-state index contributed by atoms with van der Waals surface area (Å²) in [6.07, 6.45) is 2.84. The topological polar surface area (TPSA) is 145 Å². The summed E-state index contributed by atoms with van der Waals surface area (Å²) in [4.78, 5) is 20.8. The Morgan fingerprint density at radius 1 is 1.15 bits per heavy atom. The number of nitrogens with zero attached hydrogens (tertiary/aromatic N) is 3. The van der Waals surface area contributed by atoms with Crippen LogP contribution in [0.3, 0.4) is 0 Å². The van der Waals surface area contributed by atoms with E-state index in [4.69, 9.17) is 22.1 Å². The number of nitrogens with two attached hydrogens (primary N) is 1. The fraction of sp³-hybridized carbons (Fsp3) is 0.179. The third-order valence-electron chi connectivity index (χ3n) is 6.38. The molecule has 0 atom stereocenters. The SMILES string of the molecule is Cc1cc2cc(C(=O)c3cnn(-c4cnc(Oc5cccc(Cl)c5)cc4C)c3N)[nH]c2cc1NS(=O)(=O)CCCF. The first kappa shape index (κ1) is 28.1. The summed E-state index contributed by atoms with van der Waals surface area (Å²) in [7, 11) is -3.71. The van der Waals surface area contributed by atoms with Crippen LogP contribution in [0.15, 0.2) is 60.9 Å². The molecule has 5 aromatic rings. The van der Waals surface area contributed by atoms with Crippen LogP contribution in [0.2, 0.25) is 5.02 Å². The van der Waals surface area contributed by atoms with Crippen molar-refractivity contribution in [1.82, 2.24) is 19.7 Å². The molecule has 212 valence electrons. The normalized spacial score (nSPS) is 11.6. The van der Waals surface area contributed by atoms with E-state index >= 15 is 0 Å². The number of hydrogen-bond acceptors (Lipinski definition) is 7. The number of fused-ring (bicyclic) bond motifs is 1. The van der Waals surface area contributed by atoms with Gasteiger partial charge in [0.15, 0.2) is 0 Å². The second-order valence-corrected chi connectivity index (χ2v) is 11.7. The highest BCUT2D eigenvalue weighted by atomic mass is 35.5. The standard InChI is InChI=1S/C28H26ClFN6O4S/c1-16-9-18-11-24(34-23(18)13-22(16)35-41(38,39)8-4-7-30)27(37)21-14-33-36(28(21)31)25-15-32-26(10-17(25)2)40-20-6-3-5-19(29)12-20/h3,5-6,9-15,34-35H,4,7-8,31H2,1-2H3. The lowest BCUT2D eigenvalue weighted by molar-refractivity contribution is 0.103. The maximum atomic E-state index is 13.4. The van der Waals surface area contributed by atoms with Gasteiger partial charge in [0.2, 0.25) is 21.7 Å². The van der Waals surface area contributed by atoms with E-state index in [-0.39, 0.29) is 35.0 Å². The lowest BCUT2D eigenvalue weighted by Gasteiger charge is -2.10. The van der Waals surface area contributed by atoms with Crippen LogP contribution in [0.25, 0.3) is 16.6 Å². The molecule has 0 unspecified atom stereocenters. The Labute approximate surface area is 240 Å². The predicted octanol–water partition coefficient (Wildman–Crippen LogP) is 5.73. The molecule has 3 aromatic heterocycles. The van der Waals surface area contributed by atoms with Gasteiger partial charge in [-0.05, 0) is 67.8 Å². The van der Waals surface area contributed by atoms with Gasteiger partial charge in [-0.1, -0.05) is 17.7 Å². The zero-order valence-electron chi connectivity index (χ0n) is 22.1. The molecule has 0 saturated carbocycles. The number of nitrogen functional groups attached to an aromatic ring is 1. The Hall–Kier alpha value is -4.42. The first-order valence-corrected chi connectivity index (χ1v) is 14.6. The van der Waals surface area contributed by atoms with E-state index < -0.39 is 16.7 Å². The molecule has 0 aliphatic rings. The smallest absolute Gasteiger partial charge is 0.232 e. The van der Waals surface area contributed by atoms with Crippen LogP contribution < -0.4 is 15.2 Å². The molecule has 10 nitrogen and oxygen atoms in total. The van der Waals surface area contributed by atoms with Gasteiger partial charge in [-0.3, -0.25) is 13.9 Å². The van der Waals surface area contributed by atoms with Crippen LogP contribution in [0, 0.1) is 13.8 Å². The highest BCUT2D eigenvalue weighted by molar-refractivity contribution is 7.92. The molecule has 0 bridgehead atoms. The number of ether oxygens (including phenoxy) is 1. The van der Waals surface area contributed by atoms with E-state index in [1.165, 1.54) is 10.9 Å². The van der Waals surface area contributed by atoms with Gasteiger partial charge in [-0.15, -0.1) is 0 Å². The average Bonchev–Trinajstić information content (AvgIpc) is 3.50. The molecule has 4 N–H and O–H groups in total. The summed E-state index contributed by atoms with van der Waals surface area (Å²) >= 11 is 6.02. The van der Waals surface area contributed by atoms with Gasteiger partial charge in [0.05, 0.1) is 47.5 Å². The molecule has 13 heteroatoms. The van der Waals surface area contributed by atoms with Gasteiger partial charge in [-0.2, -0.15) is 5.10 Å². The molecule has 0 saturated heterocycles. The monoisotopic (exact) mass is 596 g/mol. The van der Waals surface area contributed by atoms with E-state index in [0.29, 0.717) is 44.5 Å². The minimum atomic E-state index is -3.71. The van der Waals surface area contributed by atoms with Gasteiger partial charge < -0.3 is 15.5 Å². The van der Waals surface area contributed by atoms with Crippen LogP contribution in [0.5, 0.6) is 11.6 Å². The van der Waals surface area contributed by atoms with Crippen LogP contribution in [0.4, 0.5) is 15.9 Å². The average molecular weight is 597 g/mol. The van der Waals surface area contributed by atoms with Gasteiger partial charge in [0.1, 0.15) is 11.6 Å². The number of aromatic nitrogens is 4. The van der Waals surface area contributed by atoms with E-state index in [2.05, 4.69) is 19.8 Å². The van der Waals surface area contributed by atoms with Crippen molar-refractivity contribution < 1.29 is 22.3 Å². The number of sulfonamides is 1. The molecule has 41 heavy (non-hydrogen) atoms. The molecule has 0 aliphatic heterocycles. The van der Waals surface area contributed by atoms with Crippen LogP contribution in [0.1, 0.15) is 33.6 Å². The number of halogens is 2. The number of H-pyrrole nitrogens is 1. The molecule has 5 rings (SSSR count). The Balaban J connectivity index is 1.39. The summed E-state index contributed by atoms with van der Waals surface area (Å²) in [5.74, 6) is 0.302. The fourth-order valence-corrected chi connectivity index (χ4v) is 5.64. The first-order chi connectivity index (χ1) is 19.5. The number of nitrogens with one attached hydrogen (secondary N) is 2. The lowest BCUT2D eigenvalue weighted by atomic mass is 10.1. The predicted molar refractivity (Wildman–Crippen MR) is 157 cm³/mol. The van der Waals surface area contributed by atoms with Crippen molar-refractivity contribution in [3.8, 4) is 17.3 Å². The number of carbonyl (C=O) groups excluding carboxylic acids is 1. The van der Waals surface area contributed by atoms with Crippen molar-refractivity contribution in [3.05, 3.63) is 88.3 Å². The molecule has 0 aliphatic carbocycles. The number of rotatable bonds is 10. The Morgan fingerprint density at radius 2 is 1.95 bits per heavy atom. The fourth-order valence-electron chi connectivity index (χ4n) is 4.31. The maximum Gasteiger partial charge on any atom is 0.232 e. The molecule has 0 amide bonds. The summed E-state index contributed by atoms with van der Waals surface area (Å²) in [6, 6.07) is 13.7. The lowest BCUT2D eigenvalue weighted by Crippen LogP contribution is -2.17. The number of pyridine rings is 1. The third-order valence-corrected chi connectivity index (χ3v) is 7.97. The van der Waals surface area contributed by atoms with Crippen molar-refractivity contribution in [2.75, 3.05) is 22.9 Å². The molecule has 2 aromatic carbocycles.